The number of amides is 1. The molecule has 0 unspecified atom stereocenters. The fourth-order valence-electron chi connectivity index (χ4n) is 2.49. The molecule has 1 amide bonds. The van der Waals surface area contributed by atoms with E-state index in [9.17, 15) is 9.59 Å². The number of H-pyrrole nitrogens is 1. The van der Waals surface area contributed by atoms with Gasteiger partial charge in [-0.1, -0.05) is 6.07 Å². The molecule has 2 heterocycles. The maximum Gasteiger partial charge on any atom is 1.00 e. The number of carbonyl (C=O) groups excluding carboxylic acids is 1. The summed E-state index contributed by atoms with van der Waals surface area (Å²) in [6, 6.07) is 5.81. The first-order chi connectivity index (χ1) is 9.56. The average Bonchev–Trinajstić information content (AvgIpc) is 2.43. The van der Waals surface area contributed by atoms with Crippen LogP contribution in [0.4, 0.5) is 5.69 Å². The Hall–Kier alpha value is -0.864. The minimum atomic E-state index is -0.449. The third-order valence-corrected chi connectivity index (χ3v) is 3.57. The molecule has 7 heteroatoms. The number of fused-ring (bicyclic) bond motifs is 1. The van der Waals surface area contributed by atoms with Crippen molar-refractivity contribution < 1.29 is 57.6 Å². The van der Waals surface area contributed by atoms with Crippen molar-refractivity contribution in [1.29, 1.82) is 0 Å². The first-order valence-corrected chi connectivity index (χ1v) is 6.39. The Morgan fingerprint density at radius 2 is 2.05 bits per heavy atom. The number of hydrogen-bond donors (Lipinski definition) is 1. The van der Waals surface area contributed by atoms with Crippen LogP contribution < -0.4 is 62.0 Å². The van der Waals surface area contributed by atoms with Gasteiger partial charge in [0.05, 0.1) is 5.69 Å². The molecule has 0 fully saturated rings. The van der Waals surface area contributed by atoms with E-state index in [1.54, 1.807) is 18.9 Å². The van der Waals surface area contributed by atoms with Crippen molar-refractivity contribution in [2.75, 3.05) is 11.9 Å². The van der Waals surface area contributed by atoms with Crippen LogP contribution in [0.25, 0.3) is 11.3 Å². The van der Waals surface area contributed by atoms with E-state index in [0.29, 0.717) is 17.8 Å². The van der Waals surface area contributed by atoms with Crippen molar-refractivity contribution in [3.63, 3.8) is 0 Å². The van der Waals surface area contributed by atoms with Crippen LogP contribution >= 0.6 is 0 Å². The number of aromatic amines is 1. The van der Waals surface area contributed by atoms with E-state index in [4.69, 9.17) is 0 Å². The van der Waals surface area contributed by atoms with Crippen LogP contribution in [0.15, 0.2) is 23.0 Å². The molecule has 1 aliphatic rings. The quantitative estimate of drug-likeness (QED) is 0.628. The summed E-state index contributed by atoms with van der Waals surface area (Å²) in [5.74, 6) is 0.130. The molecule has 0 radical (unpaired) electrons. The van der Waals surface area contributed by atoms with Crippen LogP contribution in [0, 0.1) is 6.92 Å². The molecular formula is C14H15KN4O2. The number of nitrogens with one attached hydrogen (secondary N) is 1. The number of rotatable bonds is 1. The summed E-state index contributed by atoms with van der Waals surface area (Å²) in [6.45, 7) is 1.76. The fourth-order valence-corrected chi connectivity index (χ4v) is 2.49. The second-order valence-electron chi connectivity index (χ2n) is 4.87. The van der Waals surface area contributed by atoms with E-state index in [1.165, 1.54) is 0 Å². The third kappa shape index (κ3) is 3.17. The van der Waals surface area contributed by atoms with E-state index in [1.807, 2.05) is 18.2 Å². The van der Waals surface area contributed by atoms with Crippen molar-refractivity contribution >= 4 is 11.6 Å². The van der Waals surface area contributed by atoms with Crippen LogP contribution in [-0.2, 0) is 11.2 Å². The van der Waals surface area contributed by atoms with Gasteiger partial charge in [0.15, 0.2) is 0 Å². The Morgan fingerprint density at radius 3 is 2.76 bits per heavy atom. The van der Waals surface area contributed by atoms with Crippen molar-refractivity contribution in [3.05, 3.63) is 39.9 Å². The van der Waals surface area contributed by atoms with Crippen molar-refractivity contribution in [1.82, 2.24) is 15.2 Å². The normalized spacial score (nSPS) is 13.6. The van der Waals surface area contributed by atoms with Gasteiger partial charge in [-0.05, 0) is 31.0 Å². The number of benzene rings is 1. The molecule has 1 aliphatic heterocycles. The topological polar surface area (TPSA) is 79.0 Å². The zero-order chi connectivity index (χ0) is 14.3. The third-order valence-electron chi connectivity index (χ3n) is 3.57. The molecule has 6 nitrogen and oxygen atoms in total. The van der Waals surface area contributed by atoms with Crippen molar-refractivity contribution in [2.45, 2.75) is 19.8 Å². The van der Waals surface area contributed by atoms with Gasteiger partial charge < -0.3 is 6.33 Å². The molecule has 21 heavy (non-hydrogen) atoms. The van der Waals surface area contributed by atoms with Crippen molar-refractivity contribution in [2.24, 2.45) is 0 Å². The SMILES string of the molecule is Cc1nc(=O)[nH]nc1-c1ccc2c(c1)CCC(=O)N2C.[H-].[K+]. The molecule has 1 aromatic heterocycles. The molecule has 0 aliphatic carbocycles. The smallest absolute Gasteiger partial charge is 1.00 e. The standard InChI is InChI=1S/C14H14N4O2.K.H/c1-8-13(16-17-14(20)15-8)10-3-5-11-9(7-10)4-6-12(19)18(11)2;;/h3,5,7H,4,6H2,1-2H3,(H,15,17,20);;/q;+1;-1. The number of aryl methyl sites for hydroxylation is 2. The van der Waals surface area contributed by atoms with Crippen LogP contribution in [-0.4, -0.2) is 28.1 Å². The zero-order valence-electron chi connectivity index (χ0n) is 13.3. The van der Waals surface area contributed by atoms with Gasteiger partial charge in [-0.3, -0.25) is 4.79 Å². The minimum absolute atomic E-state index is 0. The Kier molecular flexibility index (Phi) is 5.10. The first-order valence-electron chi connectivity index (χ1n) is 6.39. The summed E-state index contributed by atoms with van der Waals surface area (Å²) in [5.41, 5.74) is 3.74. The fraction of sp³-hybridized carbons (Fsp3) is 0.286. The number of aromatic nitrogens is 3. The van der Waals surface area contributed by atoms with E-state index < -0.39 is 5.69 Å². The van der Waals surface area contributed by atoms with E-state index in [2.05, 4.69) is 15.2 Å². The Labute approximate surface area is 165 Å². The zero-order valence-corrected chi connectivity index (χ0v) is 15.4. The van der Waals surface area contributed by atoms with Gasteiger partial charge in [0.2, 0.25) is 5.91 Å². The molecule has 0 saturated carbocycles. The summed E-state index contributed by atoms with van der Waals surface area (Å²) in [6.07, 6.45) is 1.24. The summed E-state index contributed by atoms with van der Waals surface area (Å²) < 4.78 is 0. The minimum Gasteiger partial charge on any atom is -1.00 e. The average molecular weight is 310 g/mol. The molecule has 1 aromatic carbocycles. The number of carbonyl (C=O) groups is 1. The molecule has 3 rings (SSSR count). The summed E-state index contributed by atoms with van der Waals surface area (Å²) >= 11 is 0. The molecular weight excluding hydrogens is 295 g/mol. The Morgan fingerprint density at radius 1 is 1.29 bits per heavy atom. The van der Waals surface area contributed by atoms with Gasteiger partial charge in [0, 0.05) is 24.7 Å². The second-order valence-corrected chi connectivity index (χ2v) is 4.87. The maximum atomic E-state index is 11.7. The van der Waals surface area contributed by atoms with Gasteiger partial charge >= 0.3 is 57.1 Å². The summed E-state index contributed by atoms with van der Waals surface area (Å²) in [7, 11) is 1.78. The number of anilines is 1. The Balaban J connectivity index is 0.00000121. The predicted octanol–water partition coefficient (Wildman–Crippen LogP) is -1.83. The van der Waals surface area contributed by atoms with E-state index in [0.717, 1.165) is 23.2 Å². The van der Waals surface area contributed by atoms with Gasteiger partial charge in [0.25, 0.3) is 0 Å². The van der Waals surface area contributed by atoms with Crippen molar-refractivity contribution in [3.8, 4) is 11.3 Å². The molecule has 0 atom stereocenters. The maximum absolute atomic E-state index is 11.7. The molecule has 104 valence electrons. The largest absolute Gasteiger partial charge is 1.00 e. The van der Waals surface area contributed by atoms with E-state index in [-0.39, 0.29) is 58.7 Å². The van der Waals surface area contributed by atoms with Gasteiger partial charge in [-0.15, -0.1) is 0 Å². The summed E-state index contributed by atoms with van der Waals surface area (Å²) in [4.78, 5) is 28.3. The molecule has 0 bridgehead atoms. The van der Waals surface area contributed by atoms with Crippen LogP contribution in [0.5, 0.6) is 0 Å². The first kappa shape index (κ1) is 16.5. The van der Waals surface area contributed by atoms with Gasteiger partial charge in [-0.25, -0.2) is 9.89 Å². The van der Waals surface area contributed by atoms with E-state index >= 15 is 0 Å². The molecule has 1 N–H and O–H groups in total. The molecule has 2 aromatic rings. The van der Waals surface area contributed by atoms with Gasteiger partial charge in [-0.2, -0.15) is 10.1 Å². The van der Waals surface area contributed by atoms with Gasteiger partial charge in [0.1, 0.15) is 5.69 Å². The second kappa shape index (κ2) is 6.49. The molecule has 0 spiro atoms. The summed E-state index contributed by atoms with van der Waals surface area (Å²) in [5, 5.41) is 6.40. The van der Waals surface area contributed by atoms with Crippen LogP contribution in [0.3, 0.4) is 0 Å². The van der Waals surface area contributed by atoms with Crippen LogP contribution in [0.2, 0.25) is 0 Å². The predicted molar refractivity (Wildman–Crippen MR) is 75.7 cm³/mol. The Bertz CT molecular complexity index is 763. The number of hydrogen-bond acceptors (Lipinski definition) is 4. The number of nitrogens with zero attached hydrogens (tertiary/aromatic N) is 3. The van der Waals surface area contributed by atoms with Crippen LogP contribution in [0.1, 0.15) is 19.1 Å². The monoisotopic (exact) mass is 310 g/mol. The molecule has 0 saturated heterocycles.